The van der Waals surface area contributed by atoms with Crippen molar-refractivity contribution in [3.63, 3.8) is 0 Å². The van der Waals surface area contributed by atoms with E-state index in [0.29, 0.717) is 6.42 Å². The summed E-state index contributed by atoms with van der Waals surface area (Å²) in [5.74, 6) is -0.500. The Morgan fingerprint density at radius 3 is 2.45 bits per heavy atom. The van der Waals surface area contributed by atoms with Crippen molar-refractivity contribution in [3.05, 3.63) is 48.0 Å². The highest BCUT2D eigenvalue weighted by Gasteiger charge is 2.14. The number of hydrogen-bond acceptors (Lipinski definition) is 3. The Hall–Kier alpha value is -2.20. The molecule has 0 radical (unpaired) electrons. The number of carbonyl (C=O) groups excluding carboxylic acids is 2. The predicted octanol–water partition coefficient (Wildman–Crippen LogP) is 1.54. The monoisotopic (exact) mass is 270 g/mol. The lowest BCUT2D eigenvalue weighted by Crippen LogP contribution is -2.33. The minimum atomic E-state index is -0.631. The van der Waals surface area contributed by atoms with Gasteiger partial charge in [-0.05, 0) is 22.8 Å². The molecule has 0 heterocycles. The van der Waals surface area contributed by atoms with Crippen LogP contribution in [0.1, 0.15) is 18.4 Å². The highest BCUT2D eigenvalue weighted by atomic mass is 16.1. The van der Waals surface area contributed by atoms with Crippen LogP contribution < -0.4 is 11.5 Å². The highest BCUT2D eigenvalue weighted by Crippen LogP contribution is 2.16. The molecule has 20 heavy (non-hydrogen) atoms. The third-order valence-electron chi connectivity index (χ3n) is 3.31. The van der Waals surface area contributed by atoms with Crippen LogP contribution in [0.5, 0.6) is 0 Å². The number of rotatable bonds is 6. The van der Waals surface area contributed by atoms with E-state index in [0.717, 1.165) is 16.3 Å². The molecule has 0 aliphatic carbocycles. The number of primary amides is 1. The van der Waals surface area contributed by atoms with E-state index in [2.05, 4.69) is 0 Å². The van der Waals surface area contributed by atoms with Crippen LogP contribution >= 0.6 is 0 Å². The summed E-state index contributed by atoms with van der Waals surface area (Å²) < 4.78 is 0. The second-order valence-corrected chi connectivity index (χ2v) is 4.94. The predicted molar refractivity (Wildman–Crippen MR) is 79.1 cm³/mol. The summed E-state index contributed by atoms with van der Waals surface area (Å²) >= 11 is 0. The average molecular weight is 270 g/mol. The van der Waals surface area contributed by atoms with Crippen LogP contribution in [0.25, 0.3) is 10.8 Å². The number of benzene rings is 2. The van der Waals surface area contributed by atoms with E-state index < -0.39 is 11.9 Å². The first-order chi connectivity index (χ1) is 9.56. The second-order valence-electron chi connectivity index (χ2n) is 4.94. The molecule has 0 aliphatic rings. The Labute approximate surface area is 117 Å². The molecule has 2 aromatic carbocycles. The fraction of sp³-hybridized carbons (Fsp3) is 0.250. The third kappa shape index (κ3) is 3.65. The van der Waals surface area contributed by atoms with Crippen LogP contribution in [0.4, 0.5) is 0 Å². The first-order valence-electron chi connectivity index (χ1n) is 6.60. The average Bonchev–Trinajstić information content (AvgIpc) is 2.44. The molecule has 0 spiro atoms. The van der Waals surface area contributed by atoms with Crippen LogP contribution in [-0.4, -0.2) is 17.7 Å². The lowest BCUT2D eigenvalue weighted by Gasteiger charge is -2.10. The van der Waals surface area contributed by atoms with Crippen molar-refractivity contribution in [2.45, 2.75) is 25.3 Å². The smallest absolute Gasteiger partial charge is 0.217 e. The lowest BCUT2D eigenvalue weighted by molar-refractivity contribution is -0.120. The quantitative estimate of drug-likeness (QED) is 0.834. The lowest BCUT2D eigenvalue weighted by atomic mass is 9.99. The molecule has 0 saturated heterocycles. The summed E-state index contributed by atoms with van der Waals surface area (Å²) in [6.07, 6.45) is 0.733. The van der Waals surface area contributed by atoms with Crippen molar-refractivity contribution < 1.29 is 9.59 Å². The highest BCUT2D eigenvalue weighted by molar-refractivity contribution is 5.89. The minimum Gasteiger partial charge on any atom is -0.370 e. The van der Waals surface area contributed by atoms with Crippen LogP contribution in [0.15, 0.2) is 42.5 Å². The van der Waals surface area contributed by atoms with Crippen molar-refractivity contribution in [2.24, 2.45) is 11.5 Å². The number of ketones is 1. The number of fused-ring (bicyclic) bond motifs is 1. The van der Waals surface area contributed by atoms with Gasteiger partial charge in [0.15, 0.2) is 5.78 Å². The molecule has 2 rings (SSSR count). The van der Waals surface area contributed by atoms with Gasteiger partial charge in [-0.15, -0.1) is 0 Å². The van der Waals surface area contributed by atoms with Crippen LogP contribution in [0.2, 0.25) is 0 Å². The number of hydrogen-bond donors (Lipinski definition) is 2. The van der Waals surface area contributed by atoms with Gasteiger partial charge in [0.25, 0.3) is 0 Å². The molecule has 0 bridgehead atoms. The Kier molecular flexibility index (Phi) is 4.48. The number of carbonyl (C=O) groups is 2. The summed E-state index contributed by atoms with van der Waals surface area (Å²) in [4.78, 5) is 22.7. The van der Waals surface area contributed by atoms with Gasteiger partial charge in [0, 0.05) is 12.8 Å². The van der Waals surface area contributed by atoms with Gasteiger partial charge in [0.2, 0.25) is 5.91 Å². The zero-order chi connectivity index (χ0) is 14.5. The zero-order valence-corrected chi connectivity index (χ0v) is 11.2. The Morgan fingerprint density at radius 1 is 1.05 bits per heavy atom. The SMILES string of the molecule is NC(=O)CCC(N)C(=O)Cc1ccc2ccccc2c1. The van der Waals surface area contributed by atoms with Crippen molar-refractivity contribution in [1.82, 2.24) is 0 Å². The van der Waals surface area contributed by atoms with Gasteiger partial charge in [0.1, 0.15) is 0 Å². The molecule has 0 fully saturated rings. The summed E-state index contributed by atoms with van der Waals surface area (Å²) in [7, 11) is 0. The van der Waals surface area contributed by atoms with Crippen molar-refractivity contribution in [3.8, 4) is 0 Å². The molecule has 1 amide bonds. The topological polar surface area (TPSA) is 86.2 Å². The van der Waals surface area contributed by atoms with E-state index in [1.165, 1.54) is 0 Å². The van der Waals surface area contributed by atoms with Gasteiger partial charge >= 0.3 is 0 Å². The van der Waals surface area contributed by atoms with Crippen molar-refractivity contribution in [1.29, 1.82) is 0 Å². The Bertz CT molecular complexity index is 637. The maximum atomic E-state index is 12.0. The molecule has 4 N–H and O–H groups in total. The van der Waals surface area contributed by atoms with Crippen LogP contribution in [-0.2, 0) is 16.0 Å². The van der Waals surface area contributed by atoms with E-state index in [4.69, 9.17) is 11.5 Å². The standard InChI is InChI=1S/C16H18N2O2/c17-14(7-8-16(18)20)15(19)10-11-5-6-12-3-1-2-4-13(12)9-11/h1-6,9,14H,7-8,10,17H2,(H2,18,20). The maximum Gasteiger partial charge on any atom is 0.217 e. The van der Waals surface area contributed by atoms with Gasteiger partial charge in [-0.1, -0.05) is 42.5 Å². The molecule has 104 valence electrons. The molecule has 4 nitrogen and oxygen atoms in total. The van der Waals surface area contributed by atoms with E-state index in [9.17, 15) is 9.59 Å². The largest absolute Gasteiger partial charge is 0.370 e. The van der Waals surface area contributed by atoms with E-state index in [1.54, 1.807) is 0 Å². The Balaban J connectivity index is 2.03. The van der Waals surface area contributed by atoms with Gasteiger partial charge < -0.3 is 11.5 Å². The number of Topliss-reactive ketones (excluding diaryl/α,β-unsaturated/α-hetero) is 1. The van der Waals surface area contributed by atoms with Crippen LogP contribution in [0.3, 0.4) is 0 Å². The molecule has 0 aliphatic heterocycles. The fourth-order valence-electron chi connectivity index (χ4n) is 2.14. The molecule has 2 aromatic rings. The summed E-state index contributed by atoms with van der Waals surface area (Å²) in [6.45, 7) is 0. The first kappa shape index (κ1) is 14.2. The van der Waals surface area contributed by atoms with E-state index in [-0.39, 0.29) is 18.6 Å². The number of nitrogens with two attached hydrogens (primary N) is 2. The van der Waals surface area contributed by atoms with Gasteiger partial charge in [-0.3, -0.25) is 9.59 Å². The molecule has 0 saturated carbocycles. The van der Waals surface area contributed by atoms with E-state index in [1.807, 2.05) is 42.5 Å². The molecule has 1 unspecified atom stereocenters. The fourth-order valence-corrected chi connectivity index (χ4v) is 2.14. The van der Waals surface area contributed by atoms with Gasteiger partial charge in [0.05, 0.1) is 6.04 Å². The molecule has 1 atom stereocenters. The molecule has 4 heteroatoms. The molecular formula is C16H18N2O2. The van der Waals surface area contributed by atoms with Crippen LogP contribution in [0, 0.1) is 0 Å². The zero-order valence-electron chi connectivity index (χ0n) is 11.2. The first-order valence-corrected chi connectivity index (χ1v) is 6.60. The normalized spacial score (nSPS) is 12.2. The summed E-state index contributed by atoms with van der Waals surface area (Å²) in [5, 5.41) is 2.24. The summed E-state index contributed by atoms with van der Waals surface area (Å²) in [5.41, 5.74) is 11.8. The second kappa shape index (κ2) is 6.30. The molecular weight excluding hydrogens is 252 g/mol. The van der Waals surface area contributed by atoms with Crippen molar-refractivity contribution >= 4 is 22.5 Å². The third-order valence-corrected chi connectivity index (χ3v) is 3.31. The van der Waals surface area contributed by atoms with E-state index >= 15 is 0 Å². The number of amides is 1. The maximum absolute atomic E-state index is 12.0. The minimum absolute atomic E-state index is 0.0680. The van der Waals surface area contributed by atoms with Crippen molar-refractivity contribution in [2.75, 3.05) is 0 Å². The Morgan fingerprint density at radius 2 is 1.75 bits per heavy atom. The molecule has 0 aromatic heterocycles. The van der Waals surface area contributed by atoms with Gasteiger partial charge in [-0.25, -0.2) is 0 Å². The van der Waals surface area contributed by atoms with Gasteiger partial charge in [-0.2, -0.15) is 0 Å². The summed E-state index contributed by atoms with van der Waals surface area (Å²) in [6, 6.07) is 13.3.